The maximum Gasteiger partial charge on any atom is 0.238 e. The van der Waals surface area contributed by atoms with Crippen molar-refractivity contribution in [3.05, 3.63) is 59.4 Å². The van der Waals surface area contributed by atoms with Crippen LogP contribution in [-0.4, -0.2) is 43.5 Å². The first-order chi connectivity index (χ1) is 12.0. The molecule has 4 nitrogen and oxygen atoms in total. The summed E-state index contributed by atoms with van der Waals surface area (Å²) in [7, 11) is 0. The Morgan fingerprint density at radius 3 is 2.48 bits per heavy atom. The Morgan fingerprint density at radius 1 is 1.04 bits per heavy atom. The van der Waals surface area contributed by atoms with Crippen LogP contribution < -0.4 is 10.2 Å². The summed E-state index contributed by atoms with van der Waals surface area (Å²) in [5.74, 6) is -0.583. The van der Waals surface area contributed by atoms with E-state index in [1.165, 1.54) is 22.9 Å². The molecule has 0 atom stereocenters. The molecule has 0 radical (unpaired) electrons. The van der Waals surface area contributed by atoms with Crippen LogP contribution in [0, 0.1) is 19.7 Å². The molecular formula is C20H24FN3O. The fourth-order valence-corrected chi connectivity index (χ4v) is 3.18. The molecule has 0 spiro atoms. The number of piperazine rings is 1. The zero-order valence-corrected chi connectivity index (χ0v) is 14.8. The fourth-order valence-electron chi connectivity index (χ4n) is 3.18. The Bertz CT molecular complexity index is 754. The number of anilines is 2. The Labute approximate surface area is 148 Å². The van der Waals surface area contributed by atoms with Crippen molar-refractivity contribution in [2.24, 2.45) is 0 Å². The second kappa shape index (κ2) is 7.66. The highest BCUT2D eigenvalue weighted by Crippen LogP contribution is 2.23. The third-order valence-electron chi connectivity index (χ3n) is 4.80. The van der Waals surface area contributed by atoms with Crippen molar-refractivity contribution in [1.82, 2.24) is 4.90 Å². The first kappa shape index (κ1) is 17.4. The molecule has 1 aliphatic rings. The third kappa shape index (κ3) is 4.17. The molecule has 0 saturated carbocycles. The van der Waals surface area contributed by atoms with Crippen molar-refractivity contribution in [1.29, 1.82) is 0 Å². The maximum absolute atomic E-state index is 13.6. The summed E-state index contributed by atoms with van der Waals surface area (Å²) in [5, 5.41) is 2.65. The van der Waals surface area contributed by atoms with Crippen molar-refractivity contribution in [3.8, 4) is 0 Å². The molecule has 0 aromatic heterocycles. The minimum Gasteiger partial charge on any atom is -0.369 e. The second-order valence-corrected chi connectivity index (χ2v) is 6.51. The number of aryl methyl sites for hydroxylation is 1. The molecule has 2 aromatic carbocycles. The van der Waals surface area contributed by atoms with E-state index in [0.717, 1.165) is 26.2 Å². The van der Waals surface area contributed by atoms with E-state index >= 15 is 0 Å². The summed E-state index contributed by atoms with van der Waals surface area (Å²) in [6.45, 7) is 7.97. The monoisotopic (exact) mass is 341 g/mol. The average Bonchev–Trinajstić information content (AvgIpc) is 2.60. The summed E-state index contributed by atoms with van der Waals surface area (Å²) in [6.07, 6.45) is 0. The Kier molecular flexibility index (Phi) is 5.34. The van der Waals surface area contributed by atoms with Gasteiger partial charge in [-0.05, 0) is 43.2 Å². The van der Waals surface area contributed by atoms with Crippen molar-refractivity contribution in [2.45, 2.75) is 13.8 Å². The molecule has 0 aliphatic carbocycles. The van der Waals surface area contributed by atoms with Gasteiger partial charge in [-0.15, -0.1) is 0 Å². The minimum absolute atomic E-state index is 0.176. The number of carbonyl (C=O) groups excluding carboxylic acids is 1. The van der Waals surface area contributed by atoms with Crippen LogP contribution in [0.2, 0.25) is 0 Å². The van der Waals surface area contributed by atoms with Gasteiger partial charge in [-0.25, -0.2) is 4.39 Å². The molecule has 5 heteroatoms. The first-order valence-electron chi connectivity index (χ1n) is 8.62. The van der Waals surface area contributed by atoms with Crippen LogP contribution >= 0.6 is 0 Å². The van der Waals surface area contributed by atoms with Gasteiger partial charge in [0.2, 0.25) is 5.91 Å². The van der Waals surface area contributed by atoms with Crippen LogP contribution in [0.1, 0.15) is 11.1 Å². The lowest BCUT2D eigenvalue weighted by atomic mass is 10.1. The Hall–Kier alpha value is -2.40. The zero-order valence-electron chi connectivity index (χ0n) is 14.8. The summed E-state index contributed by atoms with van der Waals surface area (Å²) in [4.78, 5) is 16.6. The van der Waals surface area contributed by atoms with E-state index in [1.807, 2.05) is 0 Å². The SMILES string of the molecule is Cc1cccc(N2CCN(CC(=O)Nc3ccccc3F)CC2)c1C. The van der Waals surface area contributed by atoms with E-state index in [0.29, 0.717) is 0 Å². The molecule has 3 rings (SSSR count). The number of nitrogens with zero attached hydrogens (tertiary/aromatic N) is 2. The molecule has 1 heterocycles. The largest absolute Gasteiger partial charge is 0.369 e. The smallest absolute Gasteiger partial charge is 0.238 e. The van der Waals surface area contributed by atoms with Gasteiger partial charge in [0.05, 0.1) is 12.2 Å². The standard InChI is InChI=1S/C20H24FN3O/c1-15-6-5-9-19(16(15)2)24-12-10-23(11-13-24)14-20(25)22-18-8-4-3-7-17(18)21/h3-9H,10-14H2,1-2H3,(H,22,25). The number of halogens is 1. The van der Waals surface area contributed by atoms with Crippen LogP contribution in [0.4, 0.5) is 15.8 Å². The lowest BCUT2D eigenvalue weighted by Crippen LogP contribution is -2.48. The Morgan fingerprint density at radius 2 is 1.76 bits per heavy atom. The number of rotatable bonds is 4. The lowest BCUT2D eigenvalue weighted by molar-refractivity contribution is -0.117. The van der Waals surface area contributed by atoms with Crippen molar-refractivity contribution < 1.29 is 9.18 Å². The average molecular weight is 341 g/mol. The van der Waals surface area contributed by atoms with E-state index in [1.54, 1.807) is 18.2 Å². The van der Waals surface area contributed by atoms with Crippen LogP contribution in [-0.2, 0) is 4.79 Å². The molecule has 1 amide bonds. The van der Waals surface area contributed by atoms with Crippen molar-refractivity contribution in [2.75, 3.05) is 42.9 Å². The molecule has 1 aliphatic heterocycles. The summed E-state index contributed by atoms with van der Waals surface area (Å²) in [5.41, 5.74) is 4.12. The number of hydrogen-bond donors (Lipinski definition) is 1. The number of benzene rings is 2. The van der Waals surface area contributed by atoms with E-state index in [4.69, 9.17) is 0 Å². The van der Waals surface area contributed by atoms with Gasteiger partial charge in [0, 0.05) is 31.9 Å². The third-order valence-corrected chi connectivity index (χ3v) is 4.80. The number of hydrogen-bond acceptors (Lipinski definition) is 3. The van der Waals surface area contributed by atoms with Crippen LogP contribution in [0.15, 0.2) is 42.5 Å². The van der Waals surface area contributed by atoms with Gasteiger partial charge in [-0.2, -0.15) is 0 Å². The van der Waals surface area contributed by atoms with Gasteiger partial charge in [-0.1, -0.05) is 24.3 Å². The molecule has 1 fully saturated rings. The molecule has 1 saturated heterocycles. The van der Waals surface area contributed by atoms with Crippen LogP contribution in [0.5, 0.6) is 0 Å². The first-order valence-corrected chi connectivity index (χ1v) is 8.62. The molecular weight excluding hydrogens is 317 g/mol. The minimum atomic E-state index is -0.407. The Balaban J connectivity index is 1.53. The van der Waals surface area contributed by atoms with Gasteiger partial charge >= 0.3 is 0 Å². The molecule has 0 unspecified atom stereocenters. The van der Waals surface area contributed by atoms with Crippen molar-refractivity contribution >= 4 is 17.3 Å². The molecule has 1 N–H and O–H groups in total. The number of amides is 1. The predicted octanol–water partition coefficient (Wildman–Crippen LogP) is 3.20. The molecule has 0 bridgehead atoms. The van der Waals surface area contributed by atoms with Crippen molar-refractivity contribution in [3.63, 3.8) is 0 Å². The number of nitrogens with one attached hydrogen (secondary N) is 1. The van der Waals surface area contributed by atoms with Gasteiger partial charge in [0.25, 0.3) is 0 Å². The number of para-hydroxylation sites is 1. The van der Waals surface area contributed by atoms with Gasteiger partial charge < -0.3 is 10.2 Å². The topological polar surface area (TPSA) is 35.6 Å². The normalized spacial score (nSPS) is 15.2. The molecule has 132 valence electrons. The summed E-state index contributed by atoms with van der Waals surface area (Å²) >= 11 is 0. The highest BCUT2D eigenvalue weighted by atomic mass is 19.1. The maximum atomic E-state index is 13.6. The summed E-state index contributed by atoms with van der Waals surface area (Å²) < 4.78 is 13.6. The van der Waals surface area contributed by atoms with Gasteiger partial charge in [-0.3, -0.25) is 9.69 Å². The van der Waals surface area contributed by atoms with E-state index in [-0.39, 0.29) is 18.1 Å². The van der Waals surface area contributed by atoms with Gasteiger partial charge in [0.1, 0.15) is 5.82 Å². The number of carbonyl (C=O) groups is 1. The molecule has 25 heavy (non-hydrogen) atoms. The highest BCUT2D eigenvalue weighted by molar-refractivity contribution is 5.92. The fraction of sp³-hybridized carbons (Fsp3) is 0.350. The van der Waals surface area contributed by atoms with Crippen LogP contribution in [0.25, 0.3) is 0 Å². The highest BCUT2D eigenvalue weighted by Gasteiger charge is 2.20. The predicted molar refractivity (Wildman–Crippen MR) is 99.6 cm³/mol. The quantitative estimate of drug-likeness (QED) is 0.928. The van der Waals surface area contributed by atoms with E-state index in [2.05, 4.69) is 47.2 Å². The summed E-state index contributed by atoms with van der Waals surface area (Å²) in [6, 6.07) is 12.6. The van der Waals surface area contributed by atoms with Gasteiger partial charge in [0.15, 0.2) is 0 Å². The lowest BCUT2D eigenvalue weighted by Gasteiger charge is -2.36. The zero-order chi connectivity index (χ0) is 17.8. The van der Waals surface area contributed by atoms with Crippen LogP contribution in [0.3, 0.4) is 0 Å². The second-order valence-electron chi connectivity index (χ2n) is 6.51. The van der Waals surface area contributed by atoms with E-state index in [9.17, 15) is 9.18 Å². The van der Waals surface area contributed by atoms with E-state index < -0.39 is 5.82 Å². The molecule has 2 aromatic rings.